The van der Waals surface area contributed by atoms with Gasteiger partial charge in [-0.25, -0.2) is 0 Å². The van der Waals surface area contributed by atoms with Crippen LogP contribution in [0.15, 0.2) is 48.5 Å². The van der Waals surface area contributed by atoms with Crippen LogP contribution in [-0.4, -0.2) is 11.9 Å². The van der Waals surface area contributed by atoms with Crippen LogP contribution >= 0.6 is 11.6 Å². The summed E-state index contributed by atoms with van der Waals surface area (Å²) in [6.45, 7) is 2.17. The summed E-state index contributed by atoms with van der Waals surface area (Å²) in [5, 5.41) is 0.571. The highest BCUT2D eigenvalue weighted by Gasteiger charge is 2.28. The molecule has 1 aliphatic heterocycles. The van der Waals surface area contributed by atoms with E-state index in [0.717, 1.165) is 6.42 Å². The lowest BCUT2D eigenvalue weighted by Crippen LogP contribution is -2.28. The van der Waals surface area contributed by atoms with Crippen molar-refractivity contribution in [3.05, 3.63) is 64.7 Å². The van der Waals surface area contributed by atoms with Crippen LogP contribution in [0.3, 0.4) is 0 Å². The van der Waals surface area contributed by atoms with Crippen LogP contribution in [0.5, 0.6) is 5.75 Å². The van der Waals surface area contributed by atoms with Gasteiger partial charge in [-0.15, -0.1) is 0 Å². The molecule has 3 rings (SSSR count). The van der Waals surface area contributed by atoms with Gasteiger partial charge >= 0.3 is 0 Å². The van der Waals surface area contributed by atoms with Crippen molar-refractivity contribution in [2.75, 3.05) is 0 Å². The predicted octanol–water partition coefficient (Wildman–Crippen LogP) is 4.87. The normalized spacial score (nSPS) is 18.8. The molecular weight excluding hydrogens is 284 g/mol. The number of hydrogen-bond acceptors (Lipinski definition) is 2. The smallest absolute Gasteiger partial charge is 0.170 e. The van der Waals surface area contributed by atoms with E-state index in [2.05, 4.69) is 19.1 Å². The predicted molar refractivity (Wildman–Crippen MR) is 84.3 cm³/mol. The van der Waals surface area contributed by atoms with E-state index in [1.807, 2.05) is 18.2 Å². The Morgan fingerprint density at radius 3 is 2.76 bits per heavy atom. The summed E-state index contributed by atoms with van der Waals surface area (Å²) >= 11 is 5.93. The van der Waals surface area contributed by atoms with Crippen LogP contribution in [0.4, 0.5) is 0 Å². The van der Waals surface area contributed by atoms with Crippen molar-refractivity contribution in [1.29, 1.82) is 0 Å². The Bertz CT molecular complexity index is 652. The number of Topliss-reactive ketones (excluding diaryl/α,β-unsaturated/α-hetero) is 1. The van der Waals surface area contributed by atoms with Crippen molar-refractivity contribution in [2.45, 2.75) is 31.8 Å². The van der Waals surface area contributed by atoms with Gasteiger partial charge in [0, 0.05) is 11.4 Å². The number of rotatable bonds is 3. The monoisotopic (exact) mass is 300 g/mol. The molecule has 0 N–H and O–H groups in total. The number of fused-ring (bicyclic) bond motifs is 1. The van der Waals surface area contributed by atoms with Gasteiger partial charge in [-0.2, -0.15) is 0 Å². The molecule has 3 heteroatoms. The summed E-state index contributed by atoms with van der Waals surface area (Å²) in [5.74, 6) is 1.13. The molecule has 1 aliphatic rings. The van der Waals surface area contributed by atoms with Crippen molar-refractivity contribution in [1.82, 2.24) is 0 Å². The fourth-order valence-electron chi connectivity index (χ4n) is 2.80. The first-order valence-corrected chi connectivity index (χ1v) is 7.55. The summed E-state index contributed by atoms with van der Waals surface area (Å²) in [6.07, 6.45) is 1.18. The standard InChI is InChI=1S/C18H17ClO2/c1-12(13-5-3-2-4-6-13)9-15-11-17(20)16-10-14(19)7-8-18(16)21-15/h2-8,10,12,15H,9,11H2,1H3. The van der Waals surface area contributed by atoms with E-state index in [1.54, 1.807) is 18.2 Å². The average Bonchev–Trinajstić information content (AvgIpc) is 2.49. The molecule has 2 atom stereocenters. The molecule has 0 saturated heterocycles. The first kappa shape index (κ1) is 14.2. The molecule has 0 aromatic heterocycles. The third kappa shape index (κ3) is 3.11. The summed E-state index contributed by atoms with van der Waals surface area (Å²) in [4.78, 5) is 12.2. The Labute approximate surface area is 129 Å². The molecule has 0 aliphatic carbocycles. The topological polar surface area (TPSA) is 26.3 Å². The summed E-state index contributed by atoms with van der Waals surface area (Å²) in [5.41, 5.74) is 1.88. The third-order valence-corrected chi connectivity index (χ3v) is 4.17. The SMILES string of the molecule is CC(CC1CC(=O)c2cc(Cl)ccc2O1)c1ccccc1. The van der Waals surface area contributed by atoms with Crippen LogP contribution in [-0.2, 0) is 0 Å². The zero-order valence-electron chi connectivity index (χ0n) is 11.9. The molecular formula is C18H17ClO2. The minimum Gasteiger partial charge on any atom is -0.489 e. The Morgan fingerprint density at radius 1 is 1.24 bits per heavy atom. The van der Waals surface area contributed by atoms with Gasteiger partial charge in [0.05, 0.1) is 5.56 Å². The zero-order valence-corrected chi connectivity index (χ0v) is 12.6. The highest BCUT2D eigenvalue weighted by Crippen LogP contribution is 2.33. The molecule has 0 spiro atoms. The Balaban J connectivity index is 1.74. The highest BCUT2D eigenvalue weighted by atomic mass is 35.5. The first-order valence-electron chi connectivity index (χ1n) is 7.18. The van der Waals surface area contributed by atoms with Crippen LogP contribution < -0.4 is 4.74 Å². The van der Waals surface area contributed by atoms with Crippen LogP contribution in [0.2, 0.25) is 5.02 Å². The second-order valence-electron chi connectivity index (χ2n) is 5.56. The zero-order chi connectivity index (χ0) is 14.8. The fraction of sp³-hybridized carbons (Fsp3) is 0.278. The first-order chi connectivity index (χ1) is 10.1. The highest BCUT2D eigenvalue weighted by molar-refractivity contribution is 6.31. The number of benzene rings is 2. The molecule has 108 valence electrons. The number of ketones is 1. The molecule has 0 saturated carbocycles. The molecule has 0 radical (unpaired) electrons. The van der Waals surface area contributed by atoms with Crippen LogP contribution in [0, 0.1) is 0 Å². The van der Waals surface area contributed by atoms with Gasteiger partial charge in [0.15, 0.2) is 5.78 Å². The van der Waals surface area contributed by atoms with Crippen molar-refractivity contribution in [3.63, 3.8) is 0 Å². The molecule has 0 fully saturated rings. The van der Waals surface area contributed by atoms with E-state index in [0.29, 0.717) is 28.7 Å². The van der Waals surface area contributed by atoms with E-state index in [1.165, 1.54) is 5.56 Å². The van der Waals surface area contributed by atoms with Crippen molar-refractivity contribution < 1.29 is 9.53 Å². The maximum absolute atomic E-state index is 12.2. The second kappa shape index (κ2) is 5.90. The number of ether oxygens (including phenoxy) is 1. The van der Waals surface area contributed by atoms with E-state index >= 15 is 0 Å². The lowest BCUT2D eigenvalue weighted by Gasteiger charge is -2.27. The Morgan fingerprint density at radius 2 is 2.00 bits per heavy atom. The quantitative estimate of drug-likeness (QED) is 0.808. The van der Waals surface area contributed by atoms with Gasteiger partial charge in [-0.05, 0) is 36.1 Å². The van der Waals surface area contributed by atoms with Gasteiger partial charge in [0.2, 0.25) is 0 Å². The fourth-order valence-corrected chi connectivity index (χ4v) is 2.98. The van der Waals surface area contributed by atoms with E-state index < -0.39 is 0 Å². The Kier molecular flexibility index (Phi) is 3.98. The minimum atomic E-state index is -0.0682. The van der Waals surface area contributed by atoms with Crippen LogP contribution in [0.1, 0.15) is 41.6 Å². The van der Waals surface area contributed by atoms with Gasteiger partial charge < -0.3 is 4.74 Å². The lowest BCUT2D eigenvalue weighted by atomic mass is 9.90. The largest absolute Gasteiger partial charge is 0.489 e. The van der Waals surface area contributed by atoms with E-state index in [-0.39, 0.29) is 11.9 Å². The number of halogens is 1. The summed E-state index contributed by atoms with van der Waals surface area (Å²) < 4.78 is 5.97. The molecule has 2 nitrogen and oxygen atoms in total. The Hall–Kier alpha value is -1.80. The molecule has 2 aromatic rings. The summed E-state index contributed by atoms with van der Waals surface area (Å²) in [6, 6.07) is 15.6. The van der Waals surface area contributed by atoms with Crippen molar-refractivity contribution in [2.24, 2.45) is 0 Å². The average molecular weight is 301 g/mol. The van der Waals surface area contributed by atoms with Gasteiger partial charge in [0.25, 0.3) is 0 Å². The minimum absolute atomic E-state index is 0.0682. The second-order valence-corrected chi connectivity index (χ2v) is 5.99. The molecule has 21 heavy (non-hydrogen) atoms. The molecule has 1 heterocycles. The third-order valence-electron chi connectivity index (χ3n) is 3.93. The summed E-state index contributed by atoms with van der Waals surface area (Å²) in [7, 11) is 0. The number of carbonyl (C=O) groups is 1. The van der Waals surface area contributed by atoms with Gasteiger partial charge in [0.1, 0.15) is 11.9 Å². The maximum atomic E-state index is 12.2. The molecule has 0 amide bonds. The van der Waals surface area contributed by atoms with Crippen molar-refractivity contribution >= 4 is 17.4 Å². The van der Waals surface area contributed by atoms with Gasteiger partial charge in [-0.3, -0.25) is 4.79 Å². The lowest BCUT2D eigenvalue weighted by molar-refractivity contribution is 0.0830. The molecule has 2 aromatic carbocycles. The number of carbonyl (C=O) groups excluding carboxylic acids is 1. The molecule has 2 unspecified atom stereocenters. The van der Waals surface area contributed by atoms with E-state index in [4.69, 9.17) is 16.3 Å². The molecule has 0 bridgehead atoms. The van der Waals surface area contributed by atoms with Crippen LogP contribution in [0.25, 0.3) is 0 Å². The number of hydrogen-bond donors (Lipinski definition) is 0. The van der Waals surface area contributed by atoms with E-state index in [9.17, 15) is 4.79 Å². The van der Waals surface area contributed by atoms with Crippen molar-refractivity contribution in [3.8, 4) is 5.75 Å². The maximum Gasteiger partial charge on any atom is 0.170 e. The van der Waals surface area contributed by atoms with Gasteiger partial charge in [-0.1, -0.05) is 48.9 Å².